The van der Waals surface area contributed by atoms with Gasteiger partial charge in [-0.25, -0.2) is 9.97 Å². The highest BCUT2D eigenvalue weighted by molar-refractivity contribution is 5.96. The van der Waals surface area contributed by atoms with E-state index in [2.05, 4.69) is 57.3 Å². The van der Waals surface area contributed by atoms with E-state index >= 15 is 0 Å². The van der Waals surface area contributed by atoms with Gasteiger partial charge in [0.1, 0.15) is 0 Å². The Labute approximate surface area is 117 Å². The van der Waals surface area contributed by atoms with Gasteiger partial charge in [-0.2, -0.15) is 0 Å². The third-order valence-corrected chi connectivity index (χ3v) is 3.88. The van der Waals surface area contributed by atoms with Gasteiger partial charge in [0.2, 0.25) is 5.95 Å². The van der Waals surface area contributed by atoms with Gasteiger partial charge >= 0.3 is 0 Å². The van der Waals surface area contributed by atoms with Crippen LogP contribution in [0.1, 0.15) is 6.42 Å². The number of benzene rings is 2. The van der Waals surface area contributed by atoms with Crippen LogP contribution < -0.4 is 4.90 Å². The highest BCUT2D eigenvalue weighted by Gasteiger charge is 2.16. The van der Waals surface area contributed by atoms with Crippen LogP contribution in [0.2, 0.25) is 0 Å². The van der Waals surface area contributed by atoms with Crippen LogP contribution >= 0.6 is 0 Å². The summed E-state index contributed by atoms with van der Waals surface area (Å²) in [5, 5.41) is 2.49. The molecule has 0 amide bonds. The zero-order valence-corrected chi connectivity index (χ0v) is 11.2. The Kier molecular flexibility index (Phi) is 2.62. The van der Waals surface area contributed by atoms with Gasteiger partial charge in [-0.1, -0.05) is 42.5 Å². The zero-order chi connectivity index (χ0) is 13.4. The van der Waals surface area contributed by atoms with Crippen LogP contribution in [0.5, 0.6) is 0 Å². The maximum absolute atomic E-state index is 4.50. The molecule has 0 spiro atoms. The van der Waals surface area contributed by atoms with Crippen molar-refractivity contribution in [3.63, 3.8) is 0 Å². The molecule has 2 aromatic carbocycles. The molecule has 0 atom stereocenters. The standard InChI is InChI=1S/C17H15N3/c1-2-7-15-13(5-1)6-3-8-16(15)14-11-18-17(19-12-14)20-9-4-10-20/h1-3,5-8,11-12H,4,9-10H2. The Balaban J connectivity index is 1.78. The van der Waals surface area contributed by atoms with Crippen molar-refractivity contribution in [3.8, 4) is 11.1 Å². The molecule has 0 radical (unpaired) electrons. The fourth-order valence-electron chi connectivity index (χ4n) is 2.62. The minimum atomic E-state index is 0.847. The smallest absolute Gasteiger partial charge is 0.225 e. The molecule has 20 heavy (non-hydrogen) atoms. The summed E-state index contributed by atoms with van der Waals surface area (Å²) < 4.78 is 0. The second-order valence-electron chi connectivity index (χ2n) is 5.14. The first-order chi connectivity index (χ1) is 9.92. The van der Waals surface area contributed by atoms with Crippen molar-refractivity contribution in [2.75, 3.05) is 18.0 Å². The van der Waals surface area contributed by atoms with Gasteiger partial charge in [0, 0.05) is 31.0 Å². The van der Waals surface area contributed by atoms with E-state index in [0.717, 1.165) is 24.6 Å². The number of rotatable bonds is 2. The van der Waals surface area contributed by atoms with Gasteiger partial charge in [0.25, 0.3) is 0 Å². The quantitative estimate of drug-likeness (QED) is 0.707. The van der Waals surface area contributed by atoms with Crippen LogP contribution in [0.3, 0.4) is 0 Å². The molecule has 0 bridgehead atoms. The molecule has 3 heteroatoms. The van der Waals surface area contributed by atoms with Crippen LogP contribution in [-0.2, 0) is 0 Å². The largest absolute Gasteiger partial charge is 0.341 e. The van der Waals surface area contributed by atoms with Crippen LogP contribution in [-0.4, -0.2) is 23.1 Å². The summed E-state index contributed by atoms with van der Waals surface area (Å²) in [6.07, 6.45) is 5.11. The van der Waals surface area contributed by atoms with Crippen molar-refractivity contribution in [2.45, 2.75) is 6.42 Å². The van der Waals surface area contributed by atoms with Gasteiger partial charge in [-0.15, -0.1) is 0 Å². The summed E-state index contributed by atoms with van der Waals surface area (Å²) in [5.74, 6) is 0.847. The van der Waals surface area contributed by atoms with Gasteiger partial charge in [0.15, 0.2) is 0 Å². The minimum Gasteiger partial charge on any atom is -0.341 e. The molecular weight excluding hydrogens is 246 g/mol. The summed E-state index contributed by atoms with van der Waals surface area (Å²) in [7, 11) is 0. The molecular formula is C17H15N3. The Morgan fingerprint density at radius 3 is 2.35 bits per heavy atom. The van der Waals surface area contributed by atoms with Gasteiger partial charge in [-0.05, 0) is 22.8 Å². The number of hydrogen-bond acceptors (Lipinski definition) is 3. The van der Waals surface area contributed by atoms with Crippen molar-refractivity contribution in [3.05, 3.63) is 54.9 Å². The molecule has 3 nitrogen and oxygen atoms in total. The first kappa shape index (κ1) is 11.4. The molecule has 0 N–H and O–H groups in total. The Morgan fingerprint density at radius 1 is 0.850 bits per heavy atom. The summed E-state index contributed by atoms with van der Waals surface area (Å²) in [6.45, 7) is 2.15. The molecule has 1 fully saturated rings. The summed E-state index contributed by atoms with van der Waals surface area (Å²) in [6, 6.07) is 14.8. The molecule has 0 unspecified atom stereocenters. The van der Waals surface area contributed by atoms with E-state index in [4.69, 9.17) is 0 Å². The van der Waals surface area contributed by atoms with E-state index in [1.807, 2.05) is 12.4 Å². The monoisotopic (exact) mass is 261 g/mol. The van der Waals surface area contributed by atoms with E-state index in [1.54, 1.807) is 0 Å². The Morgan fingerprint density at radius 2 is 1.60 bits per heavy atom. The fraction of sp³-hybridized carbons (Fsp3) is 0.176. The summed E-state index contributed by atoms with van der Waals surface area (Å²) in [4.78, 5) is 11.2. The normalized spacial score (nSPS) is 14.3. The van der Waals surface area contributed by atoms with Crippen molar-refractivity contribution in [1.29, 1.82) is 0 Å². The minimum absolute atomic E-state index is 0.847. The van der Waals surface area contributed by atoms with Crippen molar-refractivity contribution in [2.24, 2.45) is 0 Å². The van der Waals surface area contributed by atoms with Crippen molar-refractivity contribution >= 4 is 16.7 Å². The maximum Gasteiger partial charge on any atom is 0.225 e. The average molecular weight is 261 g/mol. The zero-order valence-electron chi connectivity index (χ0n) is 11.2. The topological polar surface area (TPSA) is 29.0 Å². The molecule has 3 aromatic rings. The summed E-state index contributed by atoms with van der Waals surface area (Å²) >= 11 is 0. The third-order valence-electron chi connectivity index (χ3n) is 3.88. The van der Waals surface area contributed by atoms with E-state index < -0.39 is 0 Å². The van der Waals surface area contributed by atoms with E-state index in [0.29, 0.717) is 0 Å². The second kappa shape index (κ2) is 4.60. The van der Waals surface area contributed by atoms with Crippen LogP contribution in [0.15, 0.2) is 54.9 Å². The average Bonchev–Trinajstić information content (AvgIpc) is 2.46. The number of anilines is 1. The van der Waals surface area contributed by atoms with Crippen LogP contribution in [0, 0.1) is 0 Å². The van der Waals surface area contributed by atoms with Crippen molar-refractivity contribution in [1.82, 2.24) is 9.97 Å². The summed E-state index contributed by atoms with van der Waals surface area (Å²) in [5.41, 5.74) is 2.27. The first-order valence-corrected chi connectivity index (χ1v) is 6.97. The lowest BCUT2D eigenvalue weighted by atomic mass is 10.0. The molecule has 1 saturated heterocycles. The second-order valence-corrected chi connectivity index (χ2v) is 5.14. The molecule has 2 heterocycles. The molecule has 0 saturated carbocycles. The molecule has 1 aromatic heterocycles. The van der Waals surface area contributed by atoms with E-state index in [9.17, 15) is 0 Å². The van der Waals surface area contributed by atoms with Gasteiger partial charge in [0.05, 0.1) is 0 Å². The lowest BCUT2D eigenvalue weighted by molar-refractivity contribution is 0.600. The predicted molar refractivity (Wildman–Crippen MR) is 81.8 cm³/mol. The number of fused-ring (bicyclic) bond motifs is 1. The lowest BCUT2D eigenvalue weighted by Gasteiger charge is -2.30. The van der Waals surface area contributed by atoms with Crippen LogP contribution in [0.4, 0.5) is 5.95 Å². The third kappa shape index (κ3) is 1.83. The fourth-order valence-corrected chi connectivity index (χ4v) is 2.62. The van der Waals surface area contributed by atoms with Gasteiger partial charge < -0.3 is 4.90 Å². The van der Waals surface area contributed by atoms with E-state index in [1.165, 1.54) is 22.8 Å². The SMILES string of the molecule is c1ccc2c(-c3cnc(N4CCC4)nc3)cccc2c1. The maximum atomic E-state index is 4.50. The molecule has 1 aliphatic heterocycles. The number of nitrogens with zero attached hydrogens (tertiary/aromatic N) is 3. The molecule has 4 rings (SSSR count). The highest BCUT2D eigenvalue weighted by atomic mass is 15.3. The highest BCUT2D eigenvalue weighted by Crippen LogP contribution is 2.28. The Hall–Kier alpha value is -2.42. The predicted octanol–water partition coefficient (Wildman–Crippen LogP) is 3.51. The van der Waals surface area contributed by atoms with Gasteiger partial charge in [-0.3, -0.25) is 0 Å². The van der Waals surface area contributed by atoms with Crippen LogP contribution in [0.25, 0.3) is 21.9 Å². The Bertz CT molecular complexity index is 740. The molecule has 1 aliphatic rings. The number of aromatic nitrogens is 2. The number of hydrogen-bond donors (Lipinski definition) is 0. The first-order valence-electron chi connectivity index (χ1n) is 6.97. The van der Waals surface area contributed by atoms with Crippen molar-refractivity contribution < 1.29 is 0 Å². The van der Waals surface area contributed by atoms with E-state index in [-0.39, 0.29) is 0 Å². The molecule has 0 aliphatic carbocycles. The molecule has 98 valence electrons. The lowest BCUT2D eigenvalue weighted by Crippen LogP contribution is -2.38.